The van der Waals surface area contributed by atoms with E-state index in [2.05, 4.69) is 19.3 Å². The summed E-state index contributed by atoms with van der Waals surface area (Å²) in [6.07, 6.45) is 2.12. The first kappa shape index (κ1) is 11.4. The van der Waals surface area contributed by atoms with Crippen LogP contribution in [0.5, 0.6) is 0 Å². The summed E-state index contributed by atoms with van der Waals surface area (Å²) in [7, 11) is 1.94. The first-order chi connectivity index (χ1) is 5.65. The molecule has 72 valence electrons. The molecule has 0 aliphatic heterocycles. The quantitative estimate of drug-likeness (QED) is 0.352. The van der Waals surface area contributed by atoms with Gasteiger partial charge in [-0.3, -0.25) is 15.1 Å². The smallest absolute Gasteiger partial charge is 0.248 e. The first-order valence-electron chi connectivity index (χ1n) is 4.35. The van der Waals surface area contributed by atoms with Crippen molar-refractivity contribution in [1.82, 2.24) is 10.3 Å². The highest BCUT2D eigenvalue weighted by molar-refractivity contribution is 5.77. The monoisotopic (exact) mass is 173 g/mol. The van der Waals surface area contributed by atoms with Gasteiger partial charge in [0.2, 0.25) is 5.91 Å². The summed E-state index contributed by atoms with van der Waals surface area (Å²) in [6.45, 7) is 4.61. The van der Waals surface area contributed by atoms with Crippen molar-refractivity contribution in [2.75, 3.05) is 13.6 Å². The third kappa shape index (κ3) is 3.69. The molecule has 0 radical (unpaired) electrons. The van der Waals surface area contributed by atoms with Gasteiger partial charge in [-0.15, -0.1) is 0 Å². The molecule has 0 heterocycles. The fourth-order valence-electron chi connectivity index (χ4n) is 1.31. The van der Waals surface area contributed by atoms with Crippen molar-refractivity contribution in [3.8, 4) is 0 Å². The minimum atomic E-state index is -0.135. The molecule has 1 amide bonds. The summed E-state index contributed by atoms with van der Waals surface area (Å²) in [5.41, 5.74) is 2.12. The number of carbonyl (C=O) groups excluding carboxylic acids is 1. The average molecular weight is 173 g/mol. The minimum Gasteiger partial charge on any atom is -0.295 e. The van der Waals surface area contributed by atoms with Crippen LogP contribution in [0.2, 0.25) is 0 Å². The van der Waals surface area contributed by atoms with Crippen molar-refractivity contribution >= 4 is 5.91 Å². The van der Waals surface area contributed by atoms with Gasteiger partial charge in [-0.2, -0.15) is 0 Å². The summed E-state index contributed by atoms with van der Waals surface area (Å²) in [4.78, 5) is 12.9. The lowest BCUT2D eigenvalue weighted by Crippen LogP contribution is -2.42. The van der Waals surface area contributed by atoms with Crippen LogP contribution in [0.15, 0.2) is 0 Å². The van der Waals surface area contributed by atoms with Crippen LogP contribution < -0.4 is 11.3 Å². The lowest BCUT2D eigenvalue weighted by molar-refractivity contribution is -0.122. The maximum Gasteiger partial charge on any atom is 0.248 e. The molecule has 0 unspecified atom stereocenters. The van der Waals surface area contributed by atoms with Crippen LogP contribution in [0, 0.1) is 0 Å². The van der Waals surface area contributed by atoms with Gasteiger partial charge in [-0.25, -0.2) is 5.84 Å². The minimum absolute atomic E-state index is 0.135. The third-order valence-corrected chi connectivity index (χ3v) is 2.12. The highest BCUT2D eigenvalue weighted by atomic mass is 16.2. The Hall–Kier alpha value is -0.610. The average Bonchev–Trinajstić information content (AvgIpc) is 2.06. The van der Waals surface area contributed by atoms with Gasteiger partial charge in [0.05, 0.1) is 6.54 Å². The summed E-state index contributed by atoms with van der Waals surface area (Å²) in [5.74, 6) is 4.84. The number of hydrogen-bond acceptors (Lipinski definition) is 3. The molecule has 0 rings (SSSR count). The van der Waals surface area contributed by atoms with Gasteiger partial charge >= 0.3 is 0 Å². The maximum absolute atomic E-state index is 10.9. The zero-order chi connectivity index (χ0) is 9.56. The van der Waals surface area contributed by atoms with Gasteiger partial charge in [0.25, 0.3) is 0 Å². The van der Waals surface area contributed by atoms with Crippen LogP contribution in [0.3, 0.4) is 0 Å². The third-order valence-electron chi connectivity index (χ3n) is 2.12. The first-order valence-corrected chi connectivity index (χ1v) is 4.35. The molecule has 4 heteroatoms. The Morgan fingerprint density at radius 1 is 1.50 bits per heavy atom. The lowest BCUT2D eigenvalue weighted by atomic mass is 10.1. The van der Waals surface area contributed by atoms with E-state index >= 15 is 0 Å². The summed E-state index contributed by atoms with van der Waals surface area (Å²) in [5, 5.41) is 0. The highest BCUT2D eigenvalue weighted by Crippen LogP contribution is 2.04. The van der Waals surface area contributed by atoms with E-state index in [-0.39, 0.29) is 5.91 Å². The van der Waals surface area contributed by atoms with E-state index in [4.69, 9.17) is 5.84 Å². The molecule has 12 heavy (non-hydrogen) atoms. The molecule has 0 fully saturated rings. The second-order valence-corrected chi connectivity index (χ2v) is 2.95. The molecule has 0 saturated carbocycles. The van der Waals surface area contributed by atoms with Crippen LogP contribution in [0.1, 0.15) is 26.7 Å². The standard InChI is InChI=1S/C8H19N3O/c1-4-7(5-2)11(3)6-8(12)10-9/h7H,4-6,9H2,1-3H3,(H,10,12). The molecule has 3 N–H and O–H groups in total. The van der Waals surface area contributed by atoms with Crippen LogP contribution in [0.25, 0.3) is 0 Å². The van der Waals surface area contributed by atoms with E-state index in [1.807, 2.05) is 11.9 Å². The largest absolute Gasteiger partial charge is 0.295 e. The predicted octanol–water partition coefficient (Wildman–Crippen LogP) is 0.0967. The number of nitrogens with one attached hydrogen (secondary N) is 1. The number of hydrogen-bond donors (Lipinski definition) is 2. The zero-order valence-corrected chi connectivity index (χ0v) is 8.13. The molecule has 0 aromatic carbocycles. The zero-order valence-electron chi connectivity index (χ0n) is 8.13. The Kier molecular flexibility index (Phi) is 5.66. The van der Waals surface area contributed by atoms with Crippen LogP contribution in [0.4, 0.5) is 0 Å². The lowest BCUT2D eigenvalue weighted by Gasteiger charge is -2.24. The second-order valence-electron chi connectivity index (χ2n) is 2.95. The van der Waals surface area contributed by atoms with Gasteiger partial charge in [0, 0.05) is 6.04 Å². The molecular formula is C8H19N3O. The van der Waals surface area contributed by atoms with Gasteiger partial charge in [-0.05, 0) is 19.9 Å². The summed E-state index contributed by atoms with van der Waals surface area (Å²) >= 11 is 0. The molecular weight excluding hydrogens is 154 g/mol. The Morgan fingerprint density at radius 2 is 2.00 bits per heavy atom. The number of hydrazine groups is 1. The van der Waals surface area contributed by atoms with E-state index in [9.17, 15) is 4.79 Å². The molecule has 0 atom stereocenters. The SMILES string of the molecule is CCC(CC)N(C)CC(=O)NN. The van der Waals surface area contributed by atoms with Crippen molar-refractivity contribution < 1.29 is 4.79 Å². The molecule has 0 aromatic rings. The van der Waals surface area contributed by atoms with Crippen molar-refractivity contribution in [3.05, 3.63) is 0 Å². The van der Waals surface area contributed by atoms with Crippen molar-refractivity contribution in [2.24, 2.45) is 5.84 Å². The second kappa shape index (κ2) is 5.97. The Labute approximate surface area is 74.1 Å². The number of nitrogens with two attached hydrogens (primary N) is 1. The maximum atomic E-state index is 10.9. The van der Waals surface area contributed by atoms with Crippen molar-refractivity contribution in [1.29, 1.82) is 0 Å². The van der Waals surface area contributed by atoms with E-state index in [1.165, 1.54) is 0 Å². The summed E-state index contributed by atoms with van der Waals surface area (Å²) in [6, 6.07) is 0.474. The number of carbonyl (C=O) groups is 1. The molecule has 4 nitrogen and oxygen atoms in total. The molecule has 0 bridgehead atoms. The van der Waals surface area contributed by atoms with E-state index in [0.717, 1.165) is 12.8 Å². The Bertz CT molecular complexity index is 134. The number of likely N-dealkylation sites (N-methyl/N-ethyl adjacent to an activating group) is 1. The number of rotatable bonds is 5. The fraction of sp³-hybridized carbons (Fsp3) is 0.875. The van der Waals surface area contributed by atoms with Crippen LogP contribution >= 0.6 is 0 Å². The van der Waals surface area contributed by atoms with E-state index < -0.39 is 0 Å². The van der Waals surface area contributed by atoms with Crippen LogP contribution in [-0.2, 0) is 4.79 Å². The van der Waals surface area contributed by atoms with Gasteiger partial charge < -0.3 is 0 Å². The van der Waals surface area contributed by atoms with Crippen molar-refractivity contribution in [2.45, 2.75) is 32.7 Å². The number of nitrogens with zero attached hydrogens (tertiary/aromatic N) is 1. The predicted molar refractivity (Wildman–Crippen MR) is 49.3 cm³/mol. The Balaban J connectivity index is 3.83. The van der Waals surface area contributed by atoms with Crippen LogP contribution in [-0.4, -0.2) is 30.4 Å². The summed E-state index contributed by atoms with van der Waals surface area (Å²) < 4.78 is 0. The van der Waals surface area contributed by atoms with E-state index in [1.54, 1.807) is 0 Å². The molecule has 0 aliphatic rings. The highest BCUT2D eigenvalue weighted by Gasteiger charge is 2.12. The van der Waals surface area contributed by atoms with Gasteiger partial charge in [0.15, 0.2) is 0 Å². The van der Waals surface area contributed by atoms with Gasteiger partial charge in [0.1, 0.15) is 0 Å². The van der Waals surface area contributed by atoms with Gasteiger partial charge in [-0.1, -0.05) is 13.8 Å². The Morgan fingerprint density at radius 3 is 2.33 bits per heavy atom. The number of amides is 1. The van der Waals surface area contributed by atoms with Crippen molar-refractivity contribution in [3.63, 3.8) is 0 Å². The molecule has 0 spiro atoms. The molecule has 0 saturated heterocycles. The fourth-order valence-corrected chi connectivity index (χ4v) is 1.31. The normalized spacial score (nSPS) is 10.8. The topological polar surface area (TPSA) is 58.4 Å². The van der Waals surface area contributed by atoms with E-state index in [0.29, 0.717) is 12.6 Å². The molecule has 0 aliphatic carbocycles. The molecule has 0 aromatic heterocycles.